The average Bonchev–Trinajstić information content (AvgIpc) is 2.38. The van der Waals surface area contributed by atoms with Gasteiger partial charge < -0.3 is 5.32 Å². The van der Waals surface area contributed by atoms with E-state index in [0.29, 0.717) is 0 Å². The van der Waals surface area contributed by atoms with Crippen LogP contribution in [0.3, 0.4) is 0 Å². The van der Waals surface area contributed by atoms with Gasteiger partial charge in [0.2, 0.25) is 0 Å². The van der Waals surface area contributed by atoms with Gasteiger partial charge >= 0.3 is 0 Å². The number of anilines is 1. The Morgan fingerprint density at radius 1 is 1.11 bits per heavy atom. The fourth-order valence-corrected chi connectivity index (χ4v) is 2.14. The summed E-state index contributed by atoms with van der Waals surface area (Å²) in [4.78, 5) is 4.06. The van der Waals surface area contributed by atoms with Crippen molar-refractivity contribution < 1.29 is 0 Å². The molecule has 90 valence electrons. The van der Waals surface area contributed by atoms with Crippen LogP contribution in [0.25, 0.3) is 0 Å². The second kappa shape index (κ2) is 5.98. The van der Waals surface area contributed by atoms with Crippen molar-refractivity contribution in [2.75, 3.05) is 5.32 Å². The molecule has 0 saturated carbocycles. The summed E-state index contributed by atoms with van der Waals surface area (Å²) in [5, 5.41) is 12.4. The Hall–Kier alpha value is -1.38. The van der Waals surface area contributed by atoms with E-state index in [0.717, 1.165) is 20.2 Å². The van der Waals surface area contributed by atoms with Crippen molar-refractivity contribution in [3.8, 4) is 6.07 Å². The Labute approximate surface area is 122 Å². The zero-order chi connectivity index (χ0) is 13.0. The number of nitrogens with zero attached hydrogens (tertiary/aromatic N) is 2. The van der Waals surface area contributed by atoms with Gasteiger partial charge in [-0.15, -0.1) is 0 Å². The molecule has 0 aliphatic rings. The maximum atomic E-state index is 9.22. The summed E-state index contributed by atoms with van der Waals surface area (Å²) in [7, 11) is 0. The van der Waals surface area contributed by atoms with E-state index in [4.69, 9.17) is 0 Å². The second-order valence-corrected chi connectivity index (χ2v) is 5.48. The molecule has 0 saturated heterocycles. The number of hydrogen-bond donors (Lipinski definition) is 1. The number of hydrogen-bond acceptors (Lipinski definition) is 3. The minimum Gasteiger partial charge on any atom is -0.366 e. The van der Waals surface area contributed by atoms with Gasteiger partial charge in [-0.05, 0) is 46.3 Å². The van der Waals surface area contributed by atoms with Crippen molar-refractivity contribution in [3.63, 3.8) is 0 Å². The Bertz CT molecular complexity index is 576. The molecule has 2 rings (SSSR count). The normalized spacial score (nSPS) is 11.6. The summed E-state index contributed by atoms with van der Waals surface area (Å²) in [5.74, 6) is 0. The number of nitriles is 1. The van der Waals surface area contributed by atoms with Crippen molar-refractivity contribution in [2.24, 2.45) is 0 Å². The fourth-order valence-electron chi connectivity index (χ4n) is 1.49. The predicted molar refractivity (Wildman–Crippen MR) is 78.1 cm³/mol. The van der Waals surface area contributed by atoms with E-state index < -0.39 is 6.04 Å². The third-order valence-electron chi connectivity index (χ3n) is 2.34. The maximum absolute atomic E-state index is 9.22. The molecule has 0 aliphatic heterocycles. The van der Waals surface area contributed by atoms with Gasteiger partial charge in [0.25, 0.3) is 0 Å². The summed E-state index contributed by atoms with van der Waals surface area (Å²) in [5.41, 5.74) is 1.72. The molecule has 0 fully saturated rings. The van der Waals surface area contributed by atoms with Crippen LogP contribution in [0.15, 0.2) is 51.7 Å². The molecule has 2 aromatic rings. The van der Waals surface area contributed by atoms with Crippen molar-refractivity contribution >= 4 is 37.5 Å². The van der Waals surface area contributed by atoms with Gasteiger partial charge in [-0.2, -0.15) is 5.26 Å². The Morgan fingerprint density at radius 2 is 1.83 bits per heavy atom. The molecular formula is C13H9Br2N3. The summed E-state index contributed by atoms with van der Waals surface area (Å²) in [6, 6.07) is 11.4. The molecular weight excluding hydrogens is 358 g/mol. The number of halogens is 2. The van der Waals surface area contributed by atoms with Gasteiger partial charge in [0.1, 0.15) is 6.04 Å². The predicted octanol–water partition coefficient (Wildman–Crippen LogP) is 4.28. The summed E-state index contributed by atoms with van der Waals surface area (Å²) >= 11 is 6.72. The molecule has 0 bridgehead atoms. The van der Waals surface area contributed by atoms with E-state index in [-0.39, 0.29) is 0 Å². The smallest absolute Gasteiger partial charge is 0.141 e. The SMILES string of the molecule is N#CC(Nc1ccc(Br)cc1)c1cncc(Br)c1. The van der Waals surface area contributed by atoms with Crippen LogP contribution in [0, 0.1) is 11.3 Å². The van der Waals surface area contributed by atoms with E-state index in [2.05, 4.69) is 48.2 Å². The quantitative estimate of drug-likeness (QED) is 0.881. The van der Waals surface area contributed by atoms with Crippen LogP contribution in [0.2, 0.25) is 0 Å². The highest BCUT2D eigenvalue weighted by atomic mass is 79.9. The van der Waals surface area contributed by atoms with Gasteiger partial charge in [-0.25, -0.2) is 0 Å². The minimum atomic E-state index is -0.420. The van der Waals surface area contributed by atoms with Crippen LogP contribution in [-0.2, 0) is 0 Å². The van der Waals surface area contributed by atoms with Crippen LogP contribution in [0.1, 0.15) is 11.6 Å². The first-order valence-electron chi connectivity index (χ1n) is 5.21. The van der Waals surface area contributed by atoms with Crippen molar-refractivity contribution in [1.82, 2.24) is 4.98 Å². The molecule has 1 N–H and O–H groups in total. The highest BCUT2D eigenvalue weighted by Gasteiger charge is 2.10. The minimum absolute atomic E-state index is 0.420. The van der Waals surface area contributed by atoms with Crippen LogP contribution in [0.4, 0.5) is 5.69 Å². The molecule has 1 aromatic heterocycles. The number of pyridine rings is 1. The van der Waals surface area contributed by atoms with E-state index in [9.17, 15) is 5.26 Å². The molecule has 0 radical (unpaired) electrons. The molecule has 18 heavy (non-hydrogen) atoms. The second-order valence-electron chi connectivity index (χ2n) is 3.65. The lowest BCUT2D eigenvalue weighted by Crippen LogP contribution is -2.08. The Balaban J connectivity index is 2.20. The van der Waals surface area contributed by atoms with Gasteiger partial charge in [-0.1, -0.05) is 15.9 Å². The van der Waals surface area contributed by atoms with Crippen LogP contribution >= 0.6 is 31.9 Å². The molecule has 1 atom stereocenters. The third-order valence-corrected chi connectivity index (χ3v) is 3.31. The zero-order valence-corrected chi connectivity index (χ0v) is 12.4. The first-order valence-corrected chi connectivity index (χ1v) is 6.80. The number of aromatic nitrogens is 1. The molecule has 5 heteroatoms. The van der Waals surface area contributed by atoms with Crippen LogP contribution < -0.4 is 5.32 Å². The summed E-state index contributed by atoms with van der Waals surface area (Å²) in [6.45, 7) is 0. The molecule has 1 heterocycles. The first-order chi connectivity index (χ1) is 8.69. The highest BCUT2D eigenvalue weighted by molar-refractivity contribution is 9.10. The first kappa shape index (κ1) is 13.1. The molecule has 1 aromatic carbocycles. The number of nitrogens with one attached hydrogen (secondary N) is 1. The molecule has 0 aliphatic carbocycles. The third kappa shape index (κ3) is 3.31. The maximum Gasteiger partial charge on any atom is 0.141 e. The molecule has 3 nitrogen and oxygen atoms in total. The lowest BCUT2D eigenvalue weighted by molar-refractivity contribution is 0.979. The van der Waals surface area contributed by atoms with Crippen molar-refractivity contribution in [2.45, 2.75) is 6.04 Å². The van der Waals surface area contributed by atoms with Crippen molar-refractivity contribution in [3.05, 3.63) is 57.2 Å². The highest BCUT2D eigenvalue weighted by Crippen LogP contribution is 2.22. The van der Waals surface area contributed by atoms with E-state index in [1.54, 1.807) is 12.4 Å². The fraction of sp³-hybridized carbons (Fsp3) is 0.0769. The monoisotopic (exact) mass is 365 g/mol. The van der Waals surface area contributed by atoms with Crippen LogP contribution in [-0.4, -0.2) is 4.98 Å². The largest absolute Gasteiger partial charge is 0.366 e. The van der Waals surface area contributed by atoms with Gasteiger partial charge in [0.15, 0.2) is 0 Å². The van der Waals surface area contributed by atoms with Gasteiger partial charge in [-0.3, -0.25) is 4.98 Å². The zero-order valence-electron chi connectivity index (χ0n) is 9.27. The molecule has 0 amide bonds. The number of benzene rings is 1. The lowest BCUT2D eigenvalue weighted by atomic mass is 10.1. The van der Waals surface area contributed by atoms with Gasteiger partial charge in [0.05, 0.1) is 6.07 Å². The number of rotatable bonds is 3. The summed E-state index contributed by atoms with van der Waals surface area (Å²) < 4.78 is 1.86. The molecule has 0 spiro atoms. The Morgan fingerprint density at radius 3 is 2.44 bits per heavy atom. The van der Waals surface area contributed by atoms with E-state index in [1.165, 1.54) is 0 Å². The summed E-state index contributed by atoms with van der Waals surface area (Å²) in [6.07, 6.45) is 3.38. The van der Waals surface area contributed by atoms with Gasteiger partial charge in [0, 0.05) is 32.6 Å². The van der Waals surface area contributed by atoms with E-state index >= 15 is 0 Å². The standard InChI is InChI=1S/C13H9Br2N3/c14-10-1-3-12(4-2-10)18-13(6-16)9-5-11(15)8-17-7-9/h1-5,7-8,13,18H. The van der Waals surface area contributed by atoms with Crippen LogP contribution in [0.5, 0.6) is 0 Å². The lowest BCUT2D eigenvalue weighted by Gasteiger charge is -2.13. The van der Waals surface area contributed by atoms with E-state index in [1.807, 2.05) is 30.3 Å². The Kier molecular flexibility index (Phi) is 4.34. The topological polar surface area (TPSA) is 48.7 Å². The average molecular weight is 367 g/mol. The molecule has 1 unspecified atom stereocenters. The van der Waals surface area contributed by atoms with Crippen molar-refractivity contribution in [1.29, 1.82) is 5.26 Å².